The Balaban J connectivity index is 1.62. The van der Waals surface area contributed by atoms with Crippen LogP contribution in [0.5, 0.6) is 0 Å². The molecule has 68 valence electrons. The largest absolute Gasteiger partial charge is 0.335 e. The normalized spacial score (nSPS) is 24.8. The number of hydrogen-bond donors (Lipinski definition) is 3. The molecule has 0 aromatic heterocycles. The Hall–Kier alpha value is -0.420. The third-order valence-corrected chi connectivity index (χ3v) is 2.44. The Morgan fingerprint density at radius 2 is 1.83 bits per heavy atom. The Morgan fingerprint density at radius 3 is 2.33 bits per heavy atom. The van der Waals surface area contributed by atoms with Crippen molar-refractivity contribution in [2.24, 2.45) is 0 Å². The predicted molar refractivity (Wildman–Crippen MR) is 49.0 cm³/mol. The summed E-state index contributed by atoms with van der Waals surface area (Å²) in [4.78, 5) is 11.1. The summed E-state index contributed by atoms with van der Waals surface area (Å²) in [5.74, 6) is 0. The van der Waals surface area contributed by atoms with E-state index in [0.717, 1.165) is 25.9 Å². The fraction of sp³-hybridized carbons (Fsp3) is 0.857. The molecule has 2 aliphatic rings. The lowest BCUT2D eigenvalue weighted by atomic mass is 10.2. The van der Waals surface area contributed by atoms with Crippen LogP contribution in [0.1, 0.15) is 12.8 Å². The van der Waals surface area contributed by atoms with Crippen molar-refractivity contribution in [3.05, 3.63) is 0 Å². The molecule has 2 rings (SSSR count). The molecule has 1 saturated heterocycles. The van der Waals surface area contributed by atoms with Gasteiger partial charge in [-0.2, -0.15) is 0 Å². The summed E-state index contributed by atoms with van der Waals surface area (Å²) in [6.07, 6.45) is 2.27. The molecule has 0 radical (unpaired) electrons. The SMILES string of the molecule is O=C(NC1CC1)NC1CN(S)C1. The van der Waals surface area contributed by atoms with Crippen LogP contribution in [-0.2, 0) is 0 Å². The summed E-state index contributed by atoms with van der Waals surface area (Å²) in [5.41, 5.74) is 0. The summed E-state index contributed by atoms with van der Waals surface area (Å²) >= 11 is 4.11. The number of carbonyl (C=O) groups excluding carboxylic acids is 1. The van der Waals surface area contributed by atoms with Crippen molar-refractivity contribution in [3.63, 3.8) is 0 Å². The number of rotatable bonds is 2. The second kappa shape index (κ2) is 3.14. The van der Waals surface area contributed by atoms with Crippen molar-refractivity contribution >= 4 is 18.8 Å². The number of amides is 2. The topological polar surface area (TPSA) is 44.4 Å². The number of thiol groups is 1. The first kappa shape index (κ1) is 8.19. The fourth-order valence-electron chi connectivity index (χ4n) is 1.19. The molecule has 1 heterocycles. The van der Waals surface area contributed by atoms with Gasteiger partial charge in [-0.15, -0.1) is 0 Å². The molecule has 5 heteroatoms. The molecule has 0 atom stereocenters. The molecule has 0 unspecified atom stereocenters. The third kappa shape index (κ3) is 2.04. The van der Waals surface area contributed by atoms with E-state index in [1.807, 2.05) is 4.31 Å². The molecule has 1 aliphatic heterocycles. The van der Waals surface area contributed by atoms with Crippen molar-refractivity contribution < 1.29 is 4.79 Å². The minimum absolute atomic E-state index is 0.0241. The zero-order valence-electron chi connectivity index (χ0n) is 6.79. The van der Waals surface area contributed by atoms with Crippen LogP contribution >= 0.6 is 12.8 Å². The Morgan fingerprint density at radius 1 is 1.25 bits per heavy atom. The number of carbonyl (C=O) groups is 1. The highest BCUT2D eigenvalue weighted by Crippen LogP contribution is 2.18. The highest BCUT2D eigenvalue weighted by Gasteiger charge is 2.28. The first-order chi connectivity index (χ1) is 5.74. The van der Waals surface area contributed by atoms with E-state index in [1.54, 1.807) is 0 Å². The Labute approximate surface area is 77.2 Å². The standard InChI is InChI=1S/C7H13N3OS/c11-7(8-5-1-2-5)9-6-3-10(12)4-6/h5-6,12H,1-4H2,(H2,8,9,11). The van der Waals surface area contributed by atoms with E-state index >= 15 is 0 Å². The molecule has 0 aromatic carbocycles. The zero-order chi connectivity index (χ0) is 8.55. The molecule has 1 saturated carbocycles. The van der Waals surface area contributed by atoms with Gasteiger partial charge in [0.25, 0.3) is 0 Å². The third-order valence-electron chi connectivity index (χ3n) is 2.11. The average Bonchev–Trinajstić information content (AvgIpc) is 2.68. The molecule has 0 bridgehead atoms. The van der Waals surface area contributed by atoms with Gasteiger partial charge in [-0.3, -0.25) is 0 Å². The maximum atomic E-state index is 11.1. The number of hydrogen-bond acceptors (Lipinski definition) is 3. The summed E-state index contributed by atoms with van der Waals surface area (Å²) in [6.45, 7) is 1.70. The average molecular weight is 187 g/mol. The van der Waals surface area contributed by atoms with Crippen LogP contribution in [0.2, 0.25) is 0 Å². The first-order valence-corrected chi connectivity index (χ1v) is 4.65. The lowest BCUT2D eigenvalue weighted by Crippen LogP contribution is -2.57. The second-order valence-corrected chi connectivity index (χ2v) is 4.03. The van der Waals surface area contributed by atoms with Gasteiger partial charge in [0.15, 0.2) is 0 Å². The van der Waals surface area contributed by atoms with Crippen molar-refractivity contribution in [3.8, 4) is 0 Å². The van der Waals surface area contributed by atoms with Crippen LogP contribution in [0, 0.1) is 0 Å². The monoisotopic (exact) mass is 187 g/mol. The number of nitrogens with one attached hydrogen (secondary N) is 2. The lowest BCUT2D eigenvalue weighted by molar-refractivity contribution is 0.213. The smallest absolute Gasteiger partial charge is 0.315 e. The number of nitrogens with zero attached hydrogens (tertiary/aromatic N) is 1. The second-order valence-electron chi connectivity index (χ2n) is 3.46. The minimum Gasteiger partial charge on any atom is -0.335 e. The molecular formula is C7H13N3OS. The molecule has 2 amide bonds. The van der Waals surface area contributed by atoms with Gasteiger partial charge in [-0.1, -0.05) is 12.8 Å². The highest BCUT2D eigenvalue weighted by molar-refractivity contribution is 7.77. The van der Waals surface area contributed by atoms with Crippen LogP contribution < -0.4 is 10.6 Å². The zero-order valence-corrected chi connectivity index (χ0v) is 7.68. The van der Waals surface area contributed by atoms with Crippen LogP contribution in [-0.4, -0.2) is 35.5 Å². The van der Waals surface area contributed by atoms with E-state index in [1.165, 1.54) is 0 Å². The van der Waals surface area contributed by atoms with Crippen LogP contribution in [0.4, 0.5) is 4.79 Å². The molecular weight excluding hydrogens is 174 g/mol. The molecule has 0 spiro atoms. The molecule has 2 fully saturated rings. The Kier molecular flexibility index (Phi) is 2.14. The summed E-state index contributed by atoms with van der Waals surface area (Å²) < 4.78 is 1.88. The van der Waals surface area contributed by atoms with E-state index in [9.17, 15) is 4.79 Å². The molecule has 2 N–H and O–H groups in total. The van der Waals surface area contributed by atoms with Crippen LogP contribution in [0.15, 0.2) is 0 Å². The van der Waals surface area contributed by atoms with Gasteiger partial charge in [0.05, 0.1) is 6.04 Å². The summed E-state index contributed by atoms with van der Waals surface area (Å²) in [5, 5.41) is 5.75. The van der Waals surface area contributed by atoms with E-state index in [2.05, 4.69) is 23.4 Å². The van der Waals surface area contributed by atoms with Crippen LogP contribution in [0.3, 0.4) is 0 Å². The summed E-state index contributed by atoms with van der Waals surface area (Å²) in [7, 11) is 0. The maximum Gasteiger partial charge on any atom is 0.315 e. The van der Waals surface area contributed by atoms with E-state index < -0.39 is 0 Å². The van der Waals surface area contributed by atoms with Crippen molar-refractivity contribution in [1.29, 1.82) is 0 Å². The molecule has 0 aromatic rings. The van der Waals surface area contributed by atoms with Crippen molar-refractivity contribution in [2.45, 2.75) is 24.9 Å². The van der Waals surface area contributed by atoms with Gasteiger partial charge in [-0.25, -0.2) is 9.10 Å². The van der Waals surface area contributed by atoms with Gasteiger partial charge in [0.2, 0.25) is 0 Å². The summed E-state index contributed by atoms with van der Waals surface area (Å²) in [6, 6.07) is 0.711. The fourth-order valence-corrected chi connectivity index (χ4v) is 1.58. The quantitative estimate of drug-likeness (QED) is 0.532. The van der Waals surface area contributed by atoms with Gasteiger partial charge >= 0.3 is 6.03 Å². The van der Waals surface area contributed by atoms with E-state index in [0.29, 0.717) is 12.1 Å². The van der Waals surface area contributed by atoms with E-state index in [-0.39, 0.29) is 6.03 Å². The highest BCUT2D eigenvalue weighted by atomic mass is 32.1. The lowest BCUT2D eigenvalue weighted by Gasteiger charge is -2.35. The molecule has 1 aliphatic carbocycles. The minimum atomic E-state index is -0.0241. The van der Waals surface area contributed by atoms with Crippen LogP contribution in [0.25, 0.3) is 0 Å². The maximum absolute atomic E-state index is 11.1. The predicted octanol–water partition coefficient (Wildman–Crippen LogP) is -0.0230. The van der Waals surface area contributed by atoms with Gasteiger partial charge in [-0.05, 0) is 12.8 Å². The van der Waals surface area contributed by atoms with Gasteiger partial charge in [0.1, 0.15) is 0 Å². The molecule has 12 heavy (non-hydrogen) atoms. The van der Waals surface area contributed by atoms with Gasteiger partial charge in [0, 0.05) is 19.1 Å². The Bertz CT molecular complexity index is 189. The number of urea groups is 1. The van der Waals surface area contributed by atoms with Gasteiger partial charge < -0.3 is 10.6 Å². The van der Waals surface area contributed by atoms with Crippen molar-refractivity contribution in [1.82, 2.24) is 14.9 Å². The van der Waals surface area contributed by atoms with E-state index in [4.69, 9.17) is 0 Å². The first-order valence-electron chi connectivity index (χ1n) is 4.25. The molecule has 4 nitrogen and oxygen atoms in total. The van der Waals surface area contributed by atoms with Crippen molar-refractivity contribution in [2.75, 3.05) is 13.1 Å².